The van der Waals surface area contributed by atoms with Crippen molar-refractivity contribution in [2.45, 2.75) is 26.1 Å². The summed E-state index contributed by atoms with van der Waals surface area (Å²) in [5.41, 5.74) is 5.27. The van der Waals surface area contributed by atoms with Crippen molar-refractivity contribution in [3.8, 4) is 0 Å². The third-order valence-electron chi connectivity index (χ3n) is 1.15. The second-order valence-corrected chi connectivity index (χ2v) is 1.97. The van der Waals surface area contributed by atoms with E-state index in [1.807, 2.05) is 6.92 Å². The second kappa shape index (κ2) is 4.73. The Morgan fingerprint density at radius 1 is 1.67 bits per heavy atom. The van der Waals surface area contributed by atoms with E-state index >= 15 is 0 Å². The summed E-state index contributed by atoms with van der Waals surface area (Å²) in [6.07, 6.45) is -0.662. The molecule has 2 unspecified atom stereocenters. The van der Waals surface area contributed by atoms with E-state index in [0.717, 1.165) is 0 Å². The van der Waals surface area contributed by atoms with Gasteiger partial charge in [-0.25, -0.2) is 0 Å². The SMILES string of the molecule is CCOC(CN)C(C)O. The summed E-state index contributed by atoms with van der Waals surface area (Å²) in [5.74, 6) is 0. The molecule has 0 fully saturated rings. The molecule has 3 nitrogen and oxygen atoms in total. The highest BCUT2D eigenvalue weighted by Gasteiger charge is 2.11. The third-order valence-corrected chi connectivity index (χ3v) is 1.15. The highest BCUT2D eigenvalue weighted by molar-refractivity contribution is 4.63. The van der Waals surface area contributed by atoms with Crippen LogP contribution in [0.2, 0.25) is 0 Å². The molecule has 9 heavy (non-hydrogen) atoms. The first-order chi connectivity index (χ1) is 4.22. The normalized spacial score (nSPS) is 17.3. The van der Waals surface area contributed by atoms with Gasteiger partial charge in [0.1, 0.15) is 0 Å². The van der Waals surface area contributed by atoms with E-state index in [-0.39, 0.29) is 6.10 Å². The summed E-state index contributed by atoms with van der Waals surface area (Å²) in [4.78, 5) is 0. The molecule has 0 aliphatic rings. The molecule has 0 bridgehead atoms. The lowest BCUT2D eigenvalue weighted by Crippen LogP contribution is -2.33. The molecule has 0 saturated heterocycles. The molecule has 0 aliphatic heterocycles. The van der Waals surface area contributed by atoms with Crippen LogP contribution in [0.4, 0.5) is 0 Å². The van der Waals surface area contributed by atoms with Crippen molar-refractivity contribution < 1.29 is 9.84 Å². The summed E-state index contributed by atoms with van der Waals surface area (Å²) >= 11 is 0. The van der Waals surface area contributed by atoms with Crippen LogP contribution in [0, 0.1) is 0 Å². The van der Waals surface area contributed by atoms with Crippen molar-refractivity contribution in [1.82, 2.24) is 0 Å². The smallest absolute Gasteiger partial charge is 0.0952 e. The van der Waals surface area contributed by atoms with Crippen molar-refractivity contribution in [2.24, 2.45) is 5.73 Å². The van der Waals surface area contributed by atoms with E-state index in [1.165, 1.54) is 0 Å². The van der Waals surface area contributed by atoms with Crippen LogP contribution < -0.4 is 5.73 Å². The first-order valence-corrected chi connectivity index (χ1v) is 3.22. The Bertz CT molecular complexity index is 66.1. The third kappa shape index (κ3) is 3.46. The van der Waals surface area contributed by atoms with E-state index < -0.39 is 6.10 Å². The minimum absolute atomic E-state index is 0.199. The Morgan fingerprint density at radius 2 is 2.22 bits per heavy atom. The van der Waals surface area contributed by atoms with Crippen molar-refractivity contribution in [3.63, 3.8) is 0 Å². The maximum atomic E-state index is 8.94. The quantitative estimate of drug-likeness (QED) is 0.555. The molecule has 0 amide bonds. The standard InChI is InChI=1S/C6H15NO2/c1-3-9-6(4-7)5(2)8/h5-6,8H,3-4,7H2,1-2H3. The van der Waals surface area contributed by atoms with Crippen LogP contribution in [0.15, 0.2) is 0 Å². The molecule has 0 rings (SSSR count). The fourth-order valence-electron chi connectivity index (χ4n) is 0.618. The van der Waals surface area contributed by atoms with Crippen molar-refractivity contribution >= 4 is 0 Å². The molecule has 0 aliphatic carbocycles. The van der Waals surface area contributed by atoms with Crippen LogP contribution in [0.5, 0.6) is 0 Å². The highest BCUT2D eigenvalue weighted by Crippen LogP contribution is 1.95. The summed E-state index contributed by atoms with van der Waals surface area (Å²) in [5, 5.41) is 8.94. The lowest BCUT2D eigenvalue weighted by molar-refractivity contribution is -0.0181. The van der Waals surface area contributed by atoms with Gasteiger partial charge in [0.05, 0.1) is 12.2 Å². The van der Waals surface area contributed by atoms with Crippen LogP contribution >= 0.6 is 0 Å². The van der Waals surface area contributed by atoms with Gasteiger partial charge in [-0.05, 0) is 13.8 Å². The molecule has 0 saturated carbocycles. The van der Waals surface area contributed by atoms with Crippen molar-refractivity contribution in [1.29, 1.82) is 0 Å². The fourth-order valence-corrected chi connectivity index (χ4v) is 0.618. The number of hydrogen-bond donors (Lipinski definition) is 2. The minimum atomic E-state index is -0.463. The molecule has 0 aromatic heterocycles. The Labute approximate surface area is 55.8 Å². The van der Waals surface area contributed by atoms with Crippen LogP contribution in [0.3, 0.4) is 0 Å². The number of ether oxygens (including phenoxy) is 1. The van der Waals surface area contributed by atoms with Crippen molar-refractivity contribution in [3.05, 3.63) is 0 Å². The van der Waals surface area contributed by atoms with E-state index in [2.05, 4.69) is 0 Å². The van der Waals surface area contributed by atoms with Gasteiger partial charge in [0.2, 0.25) is 0 Å². The average Bonchev–Trinajstić information content (AvgIpc) is 1.82. The average molecular weight is 133 g/mol. The summed E-state index contributed by atoms with van der Waals surface area (Å²) in [6, 6.07) is 0. The lowest BCUT2D eigenvalue weighted by atomic mass is 10.2. The fraction of sp³-hybridized carbons (Fsp3) is 1.00. The van der Waals surface area contributed by atoms with Crippen LogP contribution in [0.25, 0.3) is 0 Å². The Hall–Kier alpha value is -0.120. The van der Waals surface area contributed by atoms with E-state index in [4.69, 9.17) is 15.6 Å². The zero-order valence-corrected chi connectivity index (χ0v) is 6.00. The largest absolute Gasteiger partial charge is 0.391 e. The molecule has 0 aromatic rings. The number of nitrogens with two attached hydrogens (primary N) is 1. The molecule has 56 valence electrons. The van der Waals surface area contributed by atoms with Crippen molar-refractivity contribution in [2.75, 3.05) is 13.2 Å². The summed E-state index contributed by atoms with van der Waals surface area (Å²) in [7, 11) is 0. The monoisotopic (exact) mass is 133 g/mol. The van der Waals surface area contributed by atoms with E-state index in [9.17, 15) is 0 Å². The maximum Gasteiger partial charge on any atom is 0.0952 e. The Morgan fingerprint density at radius 3 is 2.33 bits per heavy atom. The zero-order chi connectivity index (χ0) is 7.28. The Balaban J connectivity index is 3.41. The molecule has 2 atom stereocenters. The predicted molar refractivity (Wildman–Crippen MR) is 36.1 cm³/mol. The molecular weight excluding hydrogens is 118 g/mol. The Kier molecular flexibility index (Phi) is 4.67. The molecule has 0 radical (unpaired) electrons. The number of aliphatic hydroxyl groups is 1. The van der Waals surface area contributed by atoms with Crippen LogP contribution in [-0.4, -0.2) is 30.5 Å². The molecule has 3 N–H and O–H groups in total. The van der Waals surface area contributed by atoms with Gasteiger partial charge in [-0.3, -0.25) is 0 Å². The maximum absolute atomic E-state index is 8.94. The van der Waals surface area contributed by atoms with E-state index in [1.54, 1.807) is 6.92 Å². The molecular formula is C6H15NO2. The van der Waals surface area contributed by atoms with Crippen LogP contribution in [-0.2, 0) is 4.74 Å². The molecule has 0 heterocycles. The minimum Gasteiger partial charge on any atom is -0.391 e. The van der Waals surface area contributed by atoms with Crippen LogP contribution in [0.1, 0.15) is 13.8 Å². The van der Waals surface area contributed by atoms with Gasteiger partial charge in [0, 0.05) is 13.2 Å². The number of rotatable bonds is 4. The summed E-state index contributed by atoms with van der Waals surface area (Å²) in [6.45, 7) is 4.54. The molecule has 0 aromatic carbocycles. The predicted octanol–water partition coefficient (Wildman–Crippen LogP) is -0.269. The van der Waals surface area contributed by atoms with Gasteiger partial charge in [-0.15, -0.1) is 0 Å². The molecule has 3 heteroatoms. The van der Waals surface area contributed by atoms with Gasteiger partial charge in [-0.2, -0.15) is 0 Å². The topological polar surface area (TPSA) is 55.5 Å². The first kappa shape index (κ1) is 8.88. The second-order valence-electron chi connectivity index (χ2n) is 1.97. The van der Waals surface area contributed by atoms with Gasteiger partial charge < -0.3 is 15.6 Å². The van der Waals surface area contributed by atoms with Gasteiger partial charge in [0.25, 0.3) is 0 Å². The van der Waals surface area contributed by atoms with Gasteiger partial charge in [0.15, 0.2) is 0 Å². The van der Waals surface area contributed by atoms with Gasteiger partial charge in [-0.1, -0.05) is 0 Å². The zero-order valence-electron chi connectivity index (χ0n) is 6.00. The van der Waals surface area contributed by atoms with E-state index in [0.29, 0.717) is 13.2 Å². The summed E-state index contributed by atoms with van der Waals surface area (Å²) < 4.78 is 5.08. The van der Waals surface area contributed by atoms with Gasteiger partial charge >= 0.3 is 0 Å². The number of aliphatic hydroxyl groups excluding tert-OH is 1. The highest BCUT2D eigenvalue weighted by atomic mass is 16.5. The lowest BCUT2D eigenvalue weighted by Gasteiger charge is -2.16. The first-order valence-electron chi connectivity index (χ1n) is 3.22. The molecule has 0 spiro atoms. The number of hydrogen-bond acceptors (Lipinski definition) is 3.